The maximum Gasteiger partial charge on any atom is 0.238 e. The first-order valence-electron chi connectivity index (χ1n) is 5.42. The molecule has 2 aromatic rings. The molecule has 3 N–H and O–H groups in total. The lowest BCUT2D eigenvalue weighted by Crippen LogP contribution is -2.12. The van der Waals surface area contributed by atoms with Crippen LogP contribution in [0.3, 0.4) is 0 Å². The number of nitrogens with two attached hydrogens (primary N) is 1. The van der Waals surface area contributed by atoms with Gasteiger partial charge in [0, 0.05) is 16.2 Å². The van der Waals surface area contributed by atoms with Crippen molar-refractivity contribution in [3.8, 4) is 11.6 Å². The highest BCUT2D eigenvalue weighted by atomic mass is 79.9. The van der Waals surface area contributed by atoms with E-state index in [2.05, 4.69) is 20.9 Å². The van der Waals surface area contributed by atoms with Crippen LogP contribution < -0.4 is 10.5 Å². The monoisotopic (exact) mass is 339 g/mol. The highest BCUT2D eigenvalue weighted by Gasteiger charge is 2.12. The molecule has 0 aliphatic heterocycles. The van der Waals surface area contributed by atoms with Gasteiger partial charge in [-0.05, 0) is 36.8 Å². The van der Waals surface area contributed by atoms with E-state index in [1.807, 2.05) is 25.1 Å². The van der Waals surface area contributed by atoms with Crippen molar-refractivity contribution in [3.05, 3.63) is 51.1 Å². The lowest BCUT2D eigenvalue weighted by atomic mass is 10.2. The van der Waals surface area contributed by atoms with E-state index in [9.17, 15) is 0 Å². The number of nitrogens with zero attached hydrogens (tertiary/aromatic N) is 1. The summed E-state index contributed by atoms with van der Waals surface area (Å²) in [4.78, 5) is 4.06. The van der Waals surface area contributed by atoms with E-state index < -0.39 is 0 Å². The molecule has 1 aromatic carbocycles. The van der Waals surface area contributed by atoms with Crippen LogP contribution in [-0.4, -0.2) is 10.8 Å². The van der Waals surface area contributed by atoms with Crippen molar-refractivity contribution in [2.75, 3.05) is 0 Å². The fourth-order valence-electron chi connectivity index (χ4n) is 1.54. The normalized spacial score (nSPS) is 10.3. The first kappa shape index (κ1) is 13.8. The molecule has 0 spiro atoms. The van der Waals surface area contributed by atoms with E-state index in [1.54, 1.807) is 6.07 Å². The number of aryl methyl sites for hydroxylation is 1. The van der Waals surface area contributed by atoms with Crippen LogP contribution in [0.15, 0.2) is 34.9 Å². The third-order valence-electron chi connectivity index (χ3n) is 2.49. The summed E-state index contributed by atoms with van der Waals surface area (Å²) in [5, 5.41) is 7.66. The molecule has 1 aromatic heterocycles. The molecule has 0 radical (unpaired) electrons. The Balaban J connectivity index is 2.38. The van der Waals surface area contributed by atoms with Crippen LogP contribution in [0.25, 0.3) is 0 Å². The lowest BCUT2D eigenvalue weighted by molar-refractivity contribution is 0.459. The molecule has 4 nitrogen and oxygen atoms in total. The number of pyridine rings is 1. The minimum absolute atomic E-state index is 0.121. The maximum atomic E-state index is 7.43. The molecule has 0 bridgehead atoms. The van der Waals surface area contributed by atoms with Gasteiger partial charge in [0.15, 0.2) is 0 Å². The van der Waals surface area contributed by atoms with Gasteiger partial charge in [0.25, 0.3) is 0 Å². The summed E-state index contributed by atoms with van der Waals surface area (Å²) >= 11 is 9.50. The van der Waals surface area contributed by atoms with Gasteiger partial charge in [0.05, 0.1) is 0 Å². The van der Waals surface area contributed by atoms with Crippen LogP contribution in [0.1, 0.15) is 11.1 Å². The second-order valence-electron chi connectivity index (χ2n) is 3.90. The number of amidine groups is 1. The van der Waals surface area contributed by atoms with Crippen molar-refractivity contribution >= 4 is 33.4 Å². The van der Waals surface area contributed by atoms with Gasteiger partial charge in [-0.1, -0.05) is 27.5 Å². The summed E-state index contributed by atoms with van der Waals surface area (Å²) in [6.45, 7) is 1.92. The van der Waals surface area contributed by atoms with Gasteiger partial charge in [-0.3, -0.25) is 5.41 Å². The molecule has 2 rings (SSSR count). The Hall–Kier alpha value is -1.59. The molecule has 19 heavy (non-hydrogen) atoms. The van der Waals surface area contributed by atoms with E-state index in [1.165, 1.54) is 6.20 Å². The average molecular weight is 341 g/mol. The third-order valence-corrected chi connectivity index (χ3v) is 3.35. The summed E-state index contributed by atoms with van der Waals surface area (Å²) in [5.74, 6) is 0.767. The smallest absolute Gasteiger partial charge is 0.238 e. The second kappa shape index (κ2) is 5.59. The van der Waals surface area contributed by atoms with Gasteiger partial charge < -0.3 is 10.5 Å². The van der Waals surface area contributed by atoms with Gasteiger partial charge in [-0.25, -0.2) is 4.98 Å². The highest BCUT2D eigenvalue weighted by Crippen LogP contribution is 2.32. The number of nitrogen functional groups attached to an aromatic ring is 1. The topological polar surface area (TPSA) is 72.0 Å². The summed E-state index contributed by atoms with van der Waals surface area (Å²) in [6, 6.07) is 7.19. The Kier molecular flexibility index (Phi) is 4.07. The molecule has 0 unspecified atom stereocenters. The average Bonchev–Trinajstić information content (AvgIpc) is 2.34. The van der Waals surface area contributed by atoms with Crippen LogP contribution in [0.2, 0.25) is 5.02 Å². The second-order valence-corrected chi connectivity index (χ2v) is 5.20. The van der Waals surface area contributed by atoms with Crippen molar-refractivity contribution in [2.45, 2.75) is 6.92 Å². The van der Waals surface area contributed by atoms with Gasteiger partial charge in [0.2, 0.25) is 5.88 Å². The van der Waals surface area contributed by atoms with Crippen molar-refractivity contribution in [1.82, 2.24) is 4.98 Å². The Morgan fingerprint density at radius 1 is 1.42 bits per heavy atom. The Morgan fingerprint density at radius 3 is 2.79 bits per heavy atom. The zero-order chi connectivity index (χ0) is 14.0. The van der Waals surface area contributed by atoms with E-state index in [-0.39, 0.29) is 16.7 Å². The summed E-state index contributed by atoms with van der Waals surface area (Å²) < 4.78 is 6.64. The van der Waals surface area contributed by atoms with Gasteiger partial charge in [0.1, 0.15) is 16.6 Å². The van der Waals surface area contributed by atoms with E-state index in [0.717, 1.165) is 10.0 Å². The quantitative estimate of drug-likeness (QED) is 0.658. The molecule has 0 atom stereocenters. The van der Waals surface area contributed by atoms with Crippen LogP contribution in [0.4, 0.5) is 0 Å². The van der Waals surface area contributed by atoms with E-state index in [4.69, 9.17) is 27.5 Å². The molecule has 0 saturated heterocycles. The fraction of sp³-hybridized carbons (Fsp3) is 0.0769. The van der Waals surface area contributed by atoms with Crippen LogP contribution in [0, 0.1) is 12.3 Å². The Labute approximate surface area is 124 Å². The third kappa shape index (κ3) is 3.05. The number of rotatable bonds is 3. The van der Waals surface area contributed by atoms with Crippen molar-refractivity contribution in [1.29, 1.82) is 5.41 Å². The zero-order valence-electron chi connectivity index (χ0n) is 10.1. The van der Waals surface area contributed by atoms with Crippen LogP contribution >= 0.6 is 27.5 Å². The molecule has 98 valence electrons. The van der Waals surface area contributed by atoms with Crippen molar-refractivity contribution in [3.63, 3.8) is 0 Å². The predicted octanol–water partition coefficient (Wildman–Crippen LogP) is 3.88. The fourth-order valence-corrected chi connectivity index (χ4v) is 2.26. The first-order chi connectivity index (χ1) is 8.99. The number of aromatic nitrogens is 1. The summed E-state index contributed by atoms with van der Waals surface area (Å²) in [7, 11) is 0. The minimum Gasteiger partial charge on any atom is -0.437 e. The number of hydrogen-bond acceptors (Lipinski definition) is 3. The highest BCUT2D eigenvalue weighted by molar-refractivity contribution is 9.10. The summed E-state index contributed by atoms with van der Waals surface area (Å²) in [5.41, 5.74) is 6.78. The molecule has 1 heterocycles. The number of nitrogens with one attached hydrogen (secondary N) is 1. The van der Waals surface area contributed by atoms with Gasteiger partial charge in [-0.2, -0.15) is 0 Å². The van der Waals surface area contributed by atoms with Gasteiger partial charge in [-0.15, -0.1) is 0 Å². The van der Waals surface area contributed by atoms with Crippen molar-refractivity contribution in [2.24, 2.45) is 5.73 Å². The number of hydrogen-bond donors (Lipinski definition) is 2. The maximum absolute atomic E-state index is 7.43. The first-order valence-corrected chi connectivity index (χ1v) is 6.59. The number of halogens is 2. The van der Waals surface area contributed by atoms with Gasteiger partial charge >= 0.3 is 0 Å². The van der Waals surface area contributed by atoms with Crippen molar-refractivity contribution < 1.29 is 4.74 Å². The molecule has 0 aliphatic rings. The molecule has 0 aliphatic carbocycles. The molecular weight excluding hydrogens is 330 g/mol. The lowest BCUT2D eigenvalue weighted by Gasteiger charge is -2.11. The Bertz CT molecular complexity index is 646. The summed E-state index contributed by atoms with van der Waals surface area (Å²) in [6.07, 6.45) is 1.51. The standard InChI is InChI=1S/C13H11BrClN3O/c1-7-6-8(14)2-3-10(7)19-13-11(15)9(12(16)17)4-5-18-13/h2-6H,1H3,(H3,16,17). The Morgan fingerprint density at radius 2 is 2.16 bits per heavy atom. The molecular formula is C13H11BrClN3O. The molecule has 0 amide bonds. The predicted molar refractivity (Wildman–Crippen MR) is 79.2 cm³/mol. The van der Waals surface area contributed by atoms with Crippen LogP contribution in [0.5, 0.6) is 11.6 Å². The molecule has 0 saturated carbocycles. The molecule has 0 fully saturated rings. The van der Waals surface area contributed by atoms with E-state index >= 15 is 0 Å². The SMILES string of the molecule is Cc1cc(Br)ccc1Oc1nccc(C(=N)N)c1Cl. The minimum atomic E-state index is -0.121. The number of benzene rings is 1. The van der Waals surface area contributed by atoms with E-state index in [0.29, 0.717) is 11.3 Å². The number of ether oxygens (including phenoxy) is 1. The largest absolute Gasteiger partial charge is 0.437 e. The van der Waals surface area contributed by atoms with Crippen LogP contribution in [-0.2, 0) is 0 Å². The zero-order valence-corrected chi connectivity index (χ0v) is 12.4. The molecule has 6 heteroatoms.